The summed E-state index contributed by atoms with van der Waals surface area (Å²) in [6.45, 7) is 2.88. The number of benzene rings is 1. The van der Waals surface area contributed by atoms with Gasteiger partial charge in [0, 0.05) is 18.2 Å². The predicted octanol–water partition coefficient (Wildman–Crippen LogP) is 0.529. The van der Waals surface area contributed by atoms with Crippen LogP contribution >= 0.6 is 0 Å². The smallest absolute Gasteiger partial charge is 0.240 e. The van der Waals surface area contributed by atoms with E-state index in [1.807, 2.05) is 0 Å². The molecule has 0 radical (unpaired) electrons. The molecule has 2 N–H and O–H groups in total. The zero-order valence-electron chi connectivity index (χ0n) is 10.1. The summed E-state index contributed by atoms with van der Waals surface area (Å²) in [4.78, 5) is 11.4. The molecule has 0 saturated carbocycles. The van der Waals surface area contributed by atoms with Crippen molar-refractivity contribution in [2.75, 3.05) is 13.1 Å². The van der Waals surface area contributed by atoms with Crippen molar-refractivity contribution in [3.8, 4) is 0 Å². The van der Waals surface area contributed by atoms with Crippen LogP contribution in [-0.2, 0) is 10.0 Å². The fourth-order valence-electron chi connectivity index (χ4n) is 1.92. The van der Waals surface area contributed by atoms with E-state index in [4.69, 9.17) is 0 Å². The van der Waals surface area contributed by atoms with Gasteiger partial charge in [-0.15, -0.1) is 0 Å². The molecule has 0 amide bonds. The Balaban J connectivity index is 2.23. The Morgan fingerprint density at radius 1 is 1.44 bits per heavy atom. The third kappa shape index (κ3) is 2.95. The summed E-state index contributed by atoms with van der Waals surface area (Å²) < 4.78 is 26.9. The first kappa shape index (κ1) is 13.2. The first-order valence-electron chi connectivity index (χ1n) is 5.83. The monoisotopic (exact) mass is 268 g/mol. The van der Waals surface area contributed by atoms with Gasteiger partial charge in [-0.05, 0) is 32.0 Å². The van der Waals surface area contributed by atoms with Gasteiger partial charge in [0.1, 0.15) is 0 Å². The molecule has 1 fully saturated rings. The minimum Gasteiger partial charge on any atom is -0.315 e. The number of hydrogen-bond acceptors (Lipinski definition) is 4. The largest absolute Gasteiger partial charge is 0.315 e. The summed E-state index contributed by atoms with van der Waals surface area (Å²) in [5.41, 5.74) is 0.405. The minimum atomic E-state index is -3.54. The van der Waals surface area contributed by atoms with Crippen molar-refractivity contribution < 1.29 is 13.2 Å². The van der Waals surface area contributed by atoms with E-state index >= 15 is 0 Å². The summed E-state index contributed by atoms with van der Waals surface area (Å²) >= 11 is 0. The molecule has 1 aliphatic rings. The van der Waals surface area contributed by atoms with E-state index in [2.05, 4.69) is 10.0 Å². The van der Waals surface area contributed by atoms with Gasteiger partial charge >= 0.3 is 0 Å². The molecule has 1 atom stereocenters. The van der Waals surface area contributed by atoms with Crippen LogP contribution in [0.25, 0.3) is 0 Å². The summed E-state index contributed by atoms with van der Waals surface area (Å²) in [6, 6.07) is 6.02. The lowest BCUT2D eigenvalue weighted by Gasteiger charge is -2.12. The average Bonchev–Trinajstić information content (AvgIpc) is 2.81. The number of carbonyl (C=O) groups is 1. The number of nitrogens with one attached hydrogen (secondary N) is 2. The molecule has 1 heterocycles. The van der Waals surface area contributed by atoms with Gasteiger partial charge < -0.3 is 5.32 Å². The fraction of sp³-hybridized carbons (Fsp3) is 0.417. The van der Waals surface area contributed by atoms with Crippen LogP contribution in [0, 0.1) is 0 Å². The standard InChI is InChI=1S/C12H16N2O3S/c1-9(15)10-3-2-4-12(7-10)18(16,17)14-11-5-6-13-8-11/h2-4,7,11,13-14H,5-6,8H2,1H3. The second kappa shape index (κ2) is 5.17. The van der Waals surface area contributed by atoms with Gasteiger partial charge in [-0.3, -0.25) is 4.79 Å². The van der Waals surface area contributed by atoms with Crippen LogP contribution in [0.2, 0.25) is 0 Å². The summed E-state index contributed by atoms with van der Waals surface area (Å²) in [5, 5.41) is 3.09. The molecule has 1 aromatic rings. The summed E-state index contributed by atoms with van der Waals surface area (Å²) in [5.74, 6) is -0.144. The van der Waals surface area contributed by atoms with Crippen molar-refractivity contribution in [1.29, 1.82) is 0 Å². The molecule has 1 aromatic carbocycles. The number of ketones is 1. The summed E-state index contributed by atoms with van der Waals surface area (Å²) in [6.07, 6.45) is 0.783. The number of Topliss-reactive ketones (excluding diaryl/α,β-unsaturated/α-hetero) is 1. The topological polar surface area (TPSA) is 75.3 Å². The number of rotatable bonds is 4. The quantitative estimate of drug-likeness (QED) is 0.781. The molecule has 0 aliphatic carbocycles. The lowest BCUT2D eigenvalue weighted by molar-refractivity contribution is 0.101. The molecule has 0 bridgehead atoms. The van der Waals surface area contributed by atoms with Crippen LogP contribution in [0.4, 0.5) is 0 Å². The highest BCUT2D eigenvalue weighted by molar-refractivity contribution is 7.89. The van der Waals surface area contributed by atoms with Crippen molar-refractivity contribution in [2.24, 2.45) is 0 Å². The summed E-state index contributed by atoms with van der Waals surface area (Å²) in [7, 11) is -3.54. The number of hydrogen-bond donors (Lipinski definition) is 2. The first-order valence-corrected chi connectivity index (χ1v) is 7.31. The van der Waals surface area contributed by atoms with Gasteiger partial charge in [-0.25, -0.2) is 13.1 Å². The van der Waals surface area contributed by atoms with Gasteiger partial charge in [0.15, 0.2) is 5.78 Å². The van der Waals surface area contributed by atoms with Crippen molar-refractivity contribution in [3.05, 3.63) is 29.8 Å². The van der Waals surface area contributed by atoms with Crippen molar-refractivity contribution in [2.45, 2.75) is 24.3 Å². The molecular weight excluding hydrogens is 252 g/mol. The zero-order chi connectivity index (χ0) is 13.2. The predicted molar refractivity (Wildman–Crippen MR) is 68.0 cm³/mol. The molecule has 5 nitrogen and oxygen atoms in total. The molecule has 1 unspecified atom stereocenters. The van der Waals surface area contributed by atoms with E-state index in [1.54, 1.807) is 12.1 Å². The van der Waals surface area contributed by atoms with Crippen molar-refractivity contribution >= 4 is 15.8 Å². The second-order valence-electron chi connectivity index (χ2n) is 4.40. The van der Waals surface area contributed by atoms with Crippen LogP contribution in [0.1, 0.15) is 23.7 Å². The molecular formula is C12H16N2O3S. The molecule has 6 heteroatoms. The van der Waals surface area contributed by atoms with Crippen LogP contribution in [0.3, 0.4) is 0 Å². The lowest BCUT2D eigenvalue weighted by Crippen LogP contribution is -2.36. The maximum atomic E-state index is 12.1. The highest BCUT2D eigenvalue weighted by Crippen LogP contribution is 2.13. The Bertz CT molecular complexity index is 548. The highest BCUT2D eigenvalue weighted by Gasteiger charge is 2.22. The third-order valence-electron chi connectivity index (χ3n) is 2.93. The Morgan fingerprint density at radius 3 is 2.83 bits per heavy atom. The van der Waals surface area contributed by atoms with E-state index in [0.717, 1.165) is 13.0 Å². The van der Waals surface area contributed by atoms with Gasteiger partial charge in [-0.2, -0.15) is 0 Å². The van der Waals surface area contributed by atoms with Crippen LogP contribution in [0.15, 0.2) is 29.2 Å². The average molecular weight is 268 g/mol. The Morgan fingerprint density at radius 2 is 2.22 bits per heavy atom. The second-order valence-corrected chi connectivity index (χ2v) is 6.11. The fourth-order valence-corrected chi connectivity index (χ4v) is 3.24. The molecule has 1 aliphatic heterocycles. The van der Waals surface area contributed by atoms with Crippen molar-refractivity contribution in [3.63, 3.8) is 0 Å². The van der Waals surface area contributed by atoms with E-state index in [1.165, 1.54) is 19.1 Å². The highest BCUT2D eigenvalue weighted by atomic mass is 32.2. The molecule has 98 valence electrons. The minimum absolute atomic E-state index is 0.0732. The lowest BCUT2D eigenvalue weighted by atomic mass is 10.2. The number of sulfonamides is 1. The first-order chi connectivity index (χ1) is 8.49. The maximum absolute atomic E-state index is 12.1. The Labute approximate surface area is 107 Å². The van der Waals surface area contributed by atoms with Crippen molar-refractivity contribution in [1.82, 2.24) is 10.0 Å². The molecule has 1 saturated heterocycles. The van der Waals surface area contributed by atoms with Gasteiger partial charge in [0.05, 0.1) is 4.90 Å². The molecule has 0 aromatic heterocycles. The normalized spacial score (nSPS) is 19.9. The Kier molecular flexibility index (Phi) is 3.79. The Hall–Kier alpha value is -1.24. The van der Waals surface area contributed by atoms with E-state index in [-0.39, 0.29) is 16.7 Å². The molecule has 2 rings (SSSR count). The zero-order valence-corrected chi connectivity index (χ0v) is 11.0. The van der Waals surface area contributed by atoms with E-state index < -0.39 is 10.0 Å². The molecule has 18 heavy (non-hydrogen) atoms. The SMILES string of the molecule is CC(=O)c1cccc(S(=O)(=O)NC2CCNC2)c1. The third-order valence-corrected chi connectivity index (χ3v) is 4.45. The van der Waals surface area contributed by atoms with Crippen LogP contribution < -0.4 is 10.0 Å². The molecule has 0 spiro atoms. The van der Waals surface area contributed by atoms with Gasteiger partial charge in [0.2, 0.25) is 10.0 Å². The number of carbonyl (C=O) groups excluding carboxylic acids is 1. The van der Waals surface area contributed by atoms with Crippen LogP contribution in [-0.4, -0.2) is 33.3 Å². The van der Waals surface area contributed by atoms with E-state index in [9.17, 15) is 13.2 Å². The van der Waals surface area contributed by atoms with Gasteiger partial charge in [-0.1, -0.05) is 12.1 Å². The van der Waals surface area contributed by atoms with E-state index in [0.29, 0.717) is 12.1 Å². The maximum Gasteiger partial charge on any atom is 0.240 e. The van der Waals surface area contributed by atoms with Crippen LogP contribution in [0.5, 0.6) is 0 Å². The van der Waals surface area contributed by atoms with Gasteiger partial charge in [0.25, 0.3) is 0 Å².